The number of fused-ring (bicyclic) bond motifs is 3. The van der Waals surface area contributed by atoms with Crippen molar-refractivity contribution in [3.63, 3.8) is 0 Å². The van der Waals surface area contributed by atoms with E-state index in [4.69, 9.17) is 0 Å². The van der Waals surface area contributed by atoms with Gasteiger partial charge in [0.25, 0.3) is 0 Å². The van der Waals surface area contributed by atoms with Crippen LogP contribution in [0.1, 0.15) is 22.5 Å². The zero-order chi connectivity index (χ0) is 11.8. The fraction of sp³-hybridized carbons (Fsp3) is 0.250. The van der Waals surface area contributed by atoms with Crippen molar-refractivity contribution in [2.45, 2.75) is 18.2 Å². The molecule has 0 N–H and O–H groups in total. The highest BCUT2D eigenvalue weighted by atomic mass is 79.9. The van der Waals surface area contributed by atoms with Crippen LogP contribution in [-0.2, 0) is 18.2 Å². The number of benzene rings is 1. The second-order valence-electron chi connectivity index (χ2n) is 3.96. The largest absolute Gasteiger partial charge is 0.285 e. The Balaban J connectivity index is 2.28. The van der Waals surface area contributed by atoms with Crippen molar-refractivity contribution < 1.29 is 0 Å². The summed E-state index contributed by atoms with van der Waals surface area (Å²) in [6.45, 7) is 0. The number of hydrogen-bond donors (Lipinski definition) is 0. The van der Waals surface area contributed by atoms with E-state index in [1.165, 1.54) is 0 Å². The number of alkyl halides is 1. The van der Waals surface area contributed by atoms with Crippen molar-refractivity contribution in [2.24, 2.45) is 0 Å². The summed E-state index contributed by atoms with van der Waals surface area (Å²) in [5, 5.41) is 18.0. The molecule has 0 radical (unpaired) electrons. The molecule has 0 aliphatic carbocycles. The number of hydrogen-bond acceptors (Lipinski definition) is 3. The second kappa shape index (κ2) is 3.97. The molecule has 5 heteroatoms. The standard InChI is InChI=1S/C12H9BrN4/c13-5-8-1-3-11-9(10(8)6-14)2-4-12-16-15-7-17(11)12/h1,3,7H,2,4-5H2. The number of aromatic nitrogens is 3. The Hall–Kier alpha value is -1.67. The average Bonchev–Trinajstić information content (AvgIpc) is 2.85. The Morgan fingerprint density at radius 2 is 2.29 bits per heavy atom. The van der Waals surface area contributed by atoms with Gasteiger partial charge in [0.1, 0.15) is 12.2 Å². The summed E-state index contributed by atoms with van der Waals surface area (Å²) >= 11 is 3.42. The van der Waals surface area contributed by atoms with Gasteiger partial charge in [-0.25, -0.2) is 0 Å². The van der Waals surface area contributed by atoms with Gasteiger partial charge in [-0.05, 0) is 23.6 Å². The van der Waals surface area contributed by atoms with Gasteiger partial charge < -0.3 is 0 Å². The summed E-state index contributed by atoms with van der Waals surface area (Å²) in [6.07, 6.45) is 3.41. The predicted octanol–water partition coefficient (Wildman–Crippen LogP) is 2.13. The molecule has 1 aromatic carbocycles. The minimum absolute atomic E-state index is 0.707. The maximum Gasteiger partial charge on any atom is 0.137 e. The first-order chi connectivity index (χ1) is 8.35. The lowest BCUT2D eigenvalue weighted by Gasteiger charge is -2.19. The van der Waals surface area contributed by atoms with Crippen molar-refractivity contribution >= 4 is 15.9 Å². The van der Waals surface area contributed by atoms with E-state index in [0.29, 0.717) is 5.33 Å². The van der Waals surface area contributed by atoms with Crippen LogP contribution in [0.4, 0.5) is 0 Å². The van der Waals surface area contributed by atoms with Gasteiger partial charge in [0.15, 0.2) is 0 Å². The van der Waals surface area contributed by atoms with Gasteiger partial charge in [0.2, 0.25) is 0 Å². The summed E-state index contributed by atoms with van der Waals surface area (Å²) in [7, 11) is 0. The third-order valence-corrected chi connectivity index (χ3v) is 3.71. The summed E-state index contributed by atoms with van der Waals surface area (Å²) < 4.78 is 1.97. The van der Waals surface area contributed by atoms with Gasteiger partial charge >= 0.3 is 0 Å². The van der Waals surface area contributed by atoms with Crippen LogP contribution in [-0.4, -0.2) is 14.8 Å². The summed E-state index contributed by atoms with van der Waals surface area (Å²) in [6, 6.07) is 6.34. The van der Waals surface area contributed by atoms with Gasteiger partial charge in [-0.2, -0.15) is 5.26 Å². The van der Waals surface area contributed by atoms with Crippen molar-refractivity contribution in [1.82, 2.24) is 14.8 Å². The van der Waals surface area contributed by atoms with E-state index in [2.05, 4.69) is 32.2 Å². The molecule has 0 spiro atoms. The Kier molecular flexibility index (Phi) is 2.45. The van der Waals surface area contributed by atoms with E-state index in [1.54, 1.807) is 6.33 Å². The number of aryl methyl sites for hydroxylation is 1. The zero-order valence-electron chi connectivity index (χ0n) is 9.02. The molecule has 0 fully saturated rings. The fourth-order valence-corrected chi connectivity index (χ4v) is 2.75. The molecule has 2 heterocycles. The van der Waals surface area contributed by atoms with Crippen LogP contribution in [0.15, 0.2) is 18.5 Å². The first-order valence-electron chi connectivity index (χ1n) is 5.35. The van der Waals surface area contributed by atoms with Crippen molar-refractivity contribution in [3.8, 4) is 11.8 Å². The van der Waals surface area contributed by atoms with Crippen molar-refractivity contribution in [2.75, 3.05) is 0 Å². The lowest BCUT2D eigenvalue weighted by Crippen LogP contribution is -2.14. The average molecular weight is 289 g/mol. The Morgan fingerprint density at radius 1 is 1.41 bits per heavy atom. The predicted molar refractivity (Wildman–Crippen MR) is 66.1 cm³/mol. The van der Waals surface area contributed by atoms with Crippen LogP contribution < -0.4 is 0 Å². The minimum Gasteiger partial charge on any atom is -0.285 e. The molecule has 84 valence electrons. The van der Waals surface area contributed by atoms with Gasteiger partial charge in [0, 0.05) is 11.8 Å². The second-order valence-corrected chi connectivity index (χ2v) is 4.52. The molecule has 3 rings (SSSR count). The minimum atomic E-state index is 0.707. The third-order valence-electron chi connectivity index (χ3n) is 3.11. The van der Waals surface area contributed by atoms with Crippen LogP contribution in [0.3, 0.4) is 0 Å². The van der Waals surface area contributed by atoms with Gasteiger partial charge in [0.05, 0.1) is 17.3 Å². The highest BCUT2D eigenvalue weighted by Crippen LogP contribution is 2.29. The van der Waals surface area contributed by atoms with Gasteiger partial charge in [-0.15, -0.1) is 10.2 Å². The maximum absolute atomic E-state index is 9.29. The lowest BCUT2D eigenvalue weighted by molar-refractivity contribution is 0.771. The summed E-state index contributed by atoms with van der Waals surface area (Å²) in [4.78, 5) is 0. The van der Waals surface area contributed by atoms with E-state index in [9.17, 15) is 5.26 Å². The van der Waals surface area contributed by atoms with E-state index in [1.807, 2.05) is 16.7 Å². The highest BCUT2D eigenvalue weighted by Gasteiger charge is 2.21. The first kappa shape index (κ1) is 10.5. The number of rotatable bonds is 1. The maximum atomic E-state index is 9.29. The molecule has 0 bridgehead atoms. The molecule has 0 atom stereocenters. The molecule has 4 nitrogen and oxygen atoms in total. The molecular weight excluding hydrogens is 280 g/mol. The SMILES string of the molecule is N#Cc1c(CBr)ccc2c1CCc1nncn1-2. The Bertz CT molecular complexity index is 624. The number of halogens is 1. The topological polar surface area (TPSA) is 54.5 Å². The molecule has 2 aromatic rings. The van der Waals surface area contributed by atoms with Crippen LogP contribution in [0.25, 0.3) is 5.69 Å². The normalized spacial score (nSPS) is 12.7. The first-order valence-corrected chi connectivity index (χ1v) is 6.47. The molecule has 0 amide bonds. The molecule has 1 aliphatic rings. The number of nitrogens with zero attached hydrogens (tertiary/aromatic N) is 4. The van der Waals surface area contributed by atoms with Gasteiger partial charge in [-0.3, -0.25) is 4.57 Å². The van der Waals surface area contributed by atoms with Crippen molar-refractivity contribution in [1.29, 1.82) is 5.26 Å². The Labute approximate surface area is 107 Å². The molecule has 1 aliphatic heterocycles. The van der Waals surface area contributed by atoms with E-state index < -0.39 is 0 Å². The number of nitriles is 1. The molecular formula is C12H9BrN4. The summed E-state index contributed by atoms with van der Waals surface area (Å²) in [5.74, 6) is 0.966. The van der Waals surface area contributed by atoms with Crippen LogP contribution in [0.5, 0.6) is 0 Å². The van der Waals surface area contributed by atoms with Crippen LogP contribution >= 0.6 is 15.9 Å². The smallest absolute Gasteiger partial charge is 0.137 e. The quantitative estimate of drug-likeness (QED) is 0.756. The molecule has 0 saturated heterocycles. The van der Waals surface area contributed by atoms with Gasteiger partial charge in [-0.1, -0.05) is 22.0 Å². The monoisotopic (exact) mass is 288 g/mol. The van der Waals surface area contributed by atoms with Crippen LogP contribution in [0, 0.1) is 11.3 Å². The highest BCUT2D eigenvalue weighted by molar-refractivity contribution is 9.08. The molecule has 0 saturated carbocycles. The fourth-order valence-electron chi connectivity index (χ4n) is 2.28. The van der Waals surface area contributed by atoms with E-state index >= 15 is 0 Å². The third kappa shape index (κ3) is 1.48. The van der Waals surface area contributed by atoms with E-state index in [0.717, 1.165) is 41.0 Å². The van der Waals surface area contributed by atoms with Crippen molar-refractivity contribution in [3.05, 3.63) is 41.0 Å². The lowest BCUT2D eigenvalue weighted by atomic mass is 9.95. The molecule has 1 aromatic heterocycles. The van der Waals surface area contributed by atoms with Crippen LogP contribution in [0.2, 0.25) is 0 Å². The summed E-state index contributed by atoms with van der Waals surface area (Å²) in [5.41, 5.74) is 3.98. The molecule has 0 unspecified atom stereocenters. The van der Waals surface area contributed by atoms with E-state index in [-0.39, 0.29) is 0 Å². The Morgan fingerprint density at radius 3 is 3.06 bits per heavy atom. The molecule has 17 heavy (non-hydrogen) atoms. The zero-order valence-corrected chi connectivity index (χ0v) is 10.6.